The zero-order valence-corrected chi connectivity index (χ0v) is 9.89. The number of nitrogens with one attached hydrogen (secondary N) is 1. The molecule has 1 saturated carbocycles. The van der Waals surface area contributed by atoms with Gasteiger partial charge in [0.05, 0.1) is 0 Å². The van der Waals surface area contributed by atoms with Gasteiger partial charge in [-0.2, -0.15) is 0 Å². The number of nitrogens with zero attached hydrogens (tertiary/aromatic N) is 1. The first-order valence-electron chi connectivity index (χ1n) is 6.22. The van der Waals surface area contributed by atoms with Gasteiger partial charge in [-0.25, -0.2) is 0 Å². The zero-order valence-electron chi connectivity index (χ0n) is 9.89. The van der Waals surface area contributed by atoms with Crippen LogP contribution in [0.1, 0.15) is 39.0 Å². The fourth-order valence-corrected chi connectivity index (χ4v) is 1.64. The zero-order chi connectivity index (χ0) is 10.2. The minimum atomic E-state index is 1.01. The van der Waals surface area contributed by atoms with Crippen LogP contribution in [0, 0.1) is 5.92 Å². The van der Waals surface area contributed by atoms with E-state index in [0.717, 1.165) is 5.92 Å². The van der Waals surface area contributed by atoms with Gasteiger partial charge in [0.1, 0.15) is 0 Å². The fraction of sp³-hybridized carbons (Fsp3) is 1.00. The van der Waals surface area contributed by atoms with Gasteiger partial charge in [-0.3, -0.25) is 0 Å². The third-order valence-corrected chi connectivity index (χ3v) is 2.94. The molecule has 1 aliphatic carbocycles. The normalized spacial score (nSPS) is 16.5. The highest BCUT2D eigenvalue weighted by Gasteiger charge is 2.19. The number of hydrogen-bond donors (Lipinski definition) is 1. The van der Waals surface area contributed by atoms with Crippen LogP contribution in [-0.2, 0) is 0 Å². The summed E-state index contributed by atoms with van der Waals surface area (Å²) >= 11 is 0. The SMILES string of the molecule is CCCCCN(C)CCNCC1CC1. The summed E-state index contributed by atoms with van der Waals surface area (Å²) < 4.78 is 0. The Morgan fingerprint density at radius 1 is 1.21 bits per heavy atom. The molecular formula is C12H26N2. The average Bonchev–Trinajstić information content (AvgIpc) is 2.97. The van der Waals surface area contributed by atoms with Crippen LogP contribution in [0.15, 0.2) is 0 Å². The second-order valence-electron chi connectivity index (χ2n) is 4.66. The molecule has 0 aromatic rings. The summed E-state index contributed by atoms with van der Waals surface area (Å²) in [7, 11) is 2.23. The van der Waals surface area contributed by atoms with Crippen molar-refractivity contribution >= 4 is 0 Å². The predicted molar refractivity (Wildman–Crippen MR) is 62.6 cm³/mol. The summed E-state index contributed by atoms with van der Waals surface area (Å²) in [5.41, 5.74) is 0. The van der Waals surface area contributed by atoms with E-state index in [4.69, 9.17) is 0 Å². The Bertz CT molecular complexity index is 132. The molecule has 0 radical (unpaired) electrons. The maximum absolute atomic E-state index is 3.53. The van der Waals surface area contributed by atoms with E-state index in [1.165, 1.54) is 58.3 Å². The molecule has 1 aliphatic rings. The molecule has 1 fully saturated rings. The lowest BCUT2D eigenvalue weighted by atomic mass is 10.2. The largest absolute Gasteiger partial charge is 0.315 e. The van der Waals surface area contributed by atoms with E-state index in [0.29, 0.717) is 0 Å². The van der Waals surface area contributed by atoms with Gasteiger partial charge in [0, 0.05) is 13.1 Å². The summed E-state index contributed by atoms with van der Waals surface area (Å²) in [4.78, 5) is 2.44. The van der Waals surface area contributed by atoms with E-state index >= 15 is 0 Å². The maximum Gasteiger partial charge on any atom is 0.0104 e. The third-order valence-electron chi connectivity index (χ3n) is 2.94. The molecule has 2 heteroatoms. The molecule has 14 heavy (non-hydrogen) atoms. The highest BCUT2D eigenvalue weighted by atomic mass is 15.1. The van der Waals surface area contributed by atoms with E-state index in [-0.39, 0.29) is 0 Å². The van der Waals surface area contributed by atoms with Crippen LogP contribution in [0.4, 0.5) is 0 Å². The molecule has 0 amide bonds. The summed E-state index contributed by atoms with van der Waals surface area (Å²) in [5.74, 6) is 1.01. The molecule has 0 saturated heterocycles. The van der Waals surface area contributed by atoms with E-state index in [9.17, 15) is 0 Å². The van der Waals surface area contributed by atoms with Gasteiger partial charge >= 0.3 is 0 Å². The molecule has 84 valence electrons. The van der Waals surface area contributed by atoms with Crippen LogP contribution in [0.2, 0.25) is 0 Å². The van der Waals surface area contributed by atoms with Crippen molar-refractivity contribution in [1.82, 2.24) is 10.2 Å². The van der Waals surface area contributed by atoms with E-state index in [1.807, 2.05) is 0 Å². The number of hydrogen-bond acceptors (Lipinski definition) is 2. The summed E-state index contributed by atoms with van der Waals surface area (Å²) in [6.45, 7) is 7.15. The van der Waals surface area contributed by atoms with Gasteiger partial charge in [-0.1, -0.05) is 19.8 Å². The van der Waals surface area contributed by atoms with Crippen molar-refractivity contribution in [3.05, 3.63) is 0 Å². The first-order chi connectivity index (χ1) is 6.83. The van der Waals surface area contributed by atoms with E-state index in [1.54, 1.807) is 0 Å². The lowest BCUT2D eigenvalue weighted by Gasteiger charge is -2.16. The molecule has 0 unspecified atom stereocenters. The van der Waals surface area contributed by atoms with Gasteiger partial charge < -0.3 is 10.2 Å². The van der Waals surface area contributed by atoms with Gasteiger partial charge in [-0.15, -0.1) is 0 Å². The van der Waals surface area contributed by atoms with Crippen molar-refractivity contribution < 1.29 is 0 Å². The Morgan fingerprint density at radius 2 is 2.00 bits per heavy atom. The molecule has 2 nitrogen and oxygen atoms in total. The van der Waals surface area contributed by atoms with Crippen molar-refractivity contribution in [3.63, 3.8) is 0 Å². The first kappa shape index (κ1) is 12.0. The molecule has 0 atom stereocenters. The highest BCUT2D eigenvalue weighted by molar-refractivity contribution is 4.75. The number of rotatable bonds is 9. The predicted octanol–water partition coefficient (Wildman–Crippen LogP) is 2.11. The average molecular weight is 198 g/mol. The van der Waals surface area contributed by atoms with E-state index in [2.05, 4.69) is 24.2 Å². The van der Waals surface area contributed by atoms with Gasteiger partial charge in [0.25, 0.3) is 0 Å². The molecular weight excluding hydrogens is 172 g/mol. The molecule has 1 rings (SSSR count). The Kier molecular flexibility index (Phi) is 6.20. The lowest BCUT2D eigenvalue weighted by Crippen LogP contribution is -2.30. The smallest absolute Gasteiger partial charge is 0.0104 e. The minimum Gasteiger partial charge on any atom is -0.315 e. The Hall–Kier alpha value is -0.0800. The van der Waals surface area contributed by atoms with Crippen molar-refractivity contribution in [1.29, 1.82) is 0 Å². The standard InChI is InChI=1S/C12H26N2/c1-3-4-5-9-14(2)10-8-13-11-12-6-7-12/h12-13H,3-11H2,1-2H3. The second kappa shape index (κ2) is 7.24. The van der Waals surface area contributed by atoms with Crippen LogP contribution in [-0.4, -0.2) is 38.1 Å². The van der Waals surface area contributed by atoms with Crippen molar-refractivity contribution in [2.24, 2.45) is 5.92 Å². The maximum atomic E-state index is 3.53. The van der Waals surface area contributed by atoms with Gasteiger partial charge in [0.15, 0.2) is 0 Å². The first-order valence-corrected chi connectivity index (χ1v) is 6.22. The summed E-state index contributed by atoms with van der Waals surface area (Å²) in [6, 6.07) is 0. The second-order valence-corrected chi connectivity index (χ2v) is 4.66. The molecule has 0 aliphatic heterocycles. The molecule has 1 N–H and O–H groups in total. The quantitative estimate of drug-likeness (QED) is 0.571. The Morgan fingerprint density at radius 3 is 2.64 bits per heavy atom. The van der Waals surface area contributed by atoms with Crippen molar-refractivity contribution in [3.8, 4) is 0 Å². The van der Waals surface area contributed by atoms with Gasteiger partial charge in [0.2, 0.25) is 0 Å². The molecule has 0 bridgehead atoms. The highest BCUT2D eigenvalue weighted by Crippen LogP contribution is 2.27. The van der Waals surface area contributed by atoms with Crippen molar-refractivity contribution in [2.45, 2.75) is 39.0 Å². The third kappa shape index (κ3) is 6.39. The monoisotopic (exact) mass is 198 g/mol. The van der Waals surface area contributed by atoms with Crippen LogP contribution in [0.3, 0.4) is 0 Å². The lowest BCUT2D eigenvalue weighted by molar-refractivity contribution is 0.322. The molecule has 0 heterocycles. The summed E-state index contributed by atoms with van der Waals surface area (Å²) in [6.07, 6.45) is 6.97. The minimum absolute atomic E-state index is 1.01. The topological polar surface area (TPSA) is 15.3 Å². The Balaban J connectivity index is 1.78. The number of unbranched alkanes of at least 4 members (excludes halogenated alkanes) is 2. The number of likely N-dealkylation sites (N-methyl/N-ethyl adjacent to an activating group) is 1. The Labute approximate surface area is 89.1 Å². The van der Waals surface area contributed by atoms with Crippen LogP contribution >= 0.6 is 0 Å². The fourth-order valence-electron chi connectivity index (χ4n) is 1.64. The van der Waals surface area contributed by atoms with Crippen LogP contribution in [0.5, 0.6) is 0 Å². The van der Waals surface area contributed by atoms with Gasteiger partial charge in [-0.05, 0) is 45.3 Å². The summed E-state index contributed by atoms with van der Waals surface area (Å²) in [5, 5.41) is 3.53. The molecule has 0 aromatic carbocycles. The van der Waals surface area contributed by atoms with Crippen LogP contribution < -0.4 is 5.32 Å². The van der Waals surface area contributed by atoms with E-state index < -0.39 is 0 Å². The van der Waals surface area contributed by atoms with Crippen LogP contribution in [0.25, 0.3) is 0 Å². The molecule has 0 aromatic heterocycles. The molecule has 0 spiro atoms. The van der Waals surface area contributed by atoms with Crippen molar-refractivity contribution in [2.75, 3.05) is 33.2 Å².